The van der Waals surface area contributed by atoms with Gasteiger partial charge in [0.15, 0.2) is 0 Å². The van der Waals surface area contributed by atoms with Gasteiger partial charge in [-0.25, -0.2) is 8.42 Å². The lowest BCUT2D eigenvalue weighted by atomic mass is 10.3. The summed E-state index contributed by atoms with van der Waals surface area (Å²) in [6.07, 6.45) is 2.82. The van der Waals surface area contributed by atoms with Crippen LogP contribution in [0.4, 0.5) is 0 Å². The van der Waals surface area contributed by atoms with Crippen LogP contribution >= 0.6 is 11.8 Å². The summed E-state index contributed by atoms with van der Waals surface area (Å²) in [5, 5.41) is 8.96. The molecule has 0 spiro atoms. The Hall–Kier alpha value is -1.07. The predicted octanol–water partition coefficient (Wildman–Crippen LogP) is 0.551. The number of aromatic nitrogens is 1. The Morgan fingerprint density at radius 1 is 1.55 bits per heavy atom. The van der Waals surface area contributed by atoms with Gasteiger partial charge in [0.25, 0.3) is 0 Å². The first kappa shape index (κ1) is 15.3. The topological polar surface area (TPSA) is 70.5 Å². The number of sulfonamides is 1. The highest BCUT2D eigenvalue weighted by Crippen LogP contribution is 2.24. The summed E-state index contributed by atoms with van der Waals surface area (Å²) in [7, 11) is -3.52. The number of hydrogen-bond acceptors (Lipinski definition) is 5. The molecule has 0 amide bonds. The molecule has 1 unspecified atom stereocenters. The Morgan fingerprint density at radius 2 is 2.35 bits per heavy atom. The van der Waals surface area contributed by atoms with Crippen molar-refractivity contribution in [1.29, 1.82) is 0 Å². The van der Waals surface area contributed by atoms with Crippen molar-refractivity contribution in [1.82, 2.24) is 9.29 Å². The van der Waals surface area contributed by atoms with Gasteiger partial charge in [-0.2, -0.15) is 16.1 Å². The van der Waals surface area contributed by atoms with Crippen LogP contribution in [-0.2, 0) is 10.0 Å². The molecule has 1 atom stereocenters. The van der Waals surface area contributed by atoms with Crippen molar-refractivity contribution in [2.45, 2.75) is 17.1 Å². The van der Waals surface area contributed by atoms with Crippen LogP contribution in [0.15, 0.2) is 23.4 Å². The summed E-state index contributed by atoms with van der Waals surface area (Å²) in [6.45, 7) is 2.79. The summed E-state index contributed by atoms with van der Waals surface area (Å²) in [6, 6.07) is 1.50. The van der Waals surface area contributed by atoms with Gasteiger partial charge in [0.2, 0.25) is 10.0 Å². The molecule has 1 N–H and O–H groups in total. The first-order valence-electron chi connectivity index (χ1n) is 6.20. The maximum Gasteiger partial charge on any atom is 0.244 e. The second-order valence-electron chi connectivity index (χ2n) is 4.41. The van der Waals surface area contributed by atoms with Crippen molar-refractivity contribution in [2.75, 3.05) is 25.4 Å². The lowest BCUT2D eigenvalue weighted by Gasteiger charge is -2.29. The van der Waals surface area contributed by atoms with E-state index in [1.54, 1.807) is 11.8 Å². The highest BCUT2D eigenvalue weighted by Gasteiger charge is 2.29. The van der Waals surface area contributed by atoms with Crippen LogP contribution in [0.5, 0.6) is 0 Å². The minimum absolute atomic E-state index is 0.154. The second kappa shape index (κ2) is 6.59. The molecule has 0 aromatic carbocycles. The third kappa shape index (κ3) is 3.52. The molecule has 1 saturated heterocycles. The Labute approximate surface area is 123 Å². The van der Waals surface area contributed by atoms with E-state index < -0.39 is 10.0 Å². The smallest absolute Gasteiger partial charge is 0.244 e. The standard InChI is InChI=1S/C13H16N2O3S2/c1-11-10-15(4-6-19-11)20(17,18)13-7-12(3-2-5-16)8-14-9-13/h7-9,11,16H,4-6,10H2,1H3. The molecule has 20 heavy (non-hydrogen) atoms. The van der Waals surface area contributed by atoms with E-state index in [2.05, 4.69) is 16.8 Å². The molecule has 0 aliphatic carbocycles. The van der Waals surface area contributed by atoms with Crippen molar-refractivity contribution in [3.05, 3.63) is 24.0 Å². The maximum atomic E-state index is 12.5. The molecule has 0 bridgehead atoms. The molecule has 1 fully saturated rings. The number of hydrogen-bond donors (Lipinski definition) is 1. The Balaban J connectivity index is 2.29. The van der Waals surface area contributed by atoms with Gasteiger partial charge in [-0.15, -0.1) is 0 Å². The minimum Gasteiger partial charge on any atom is -0.384 e. The van der Waals surface area contributed by atoms with Gasteiger partial charge in [-0.1, -0.05) is 18.8 Å². The van der Waals surface area contributed by atoms with Gasteiger partial charge in [-0.3, -0.25) is 4.98 Å². The zero-order valence-electron chi connectivity index (χ0n) is 11.1. The molecule has 0 saturated carbocycles. The highest BCUT2D eigenvalue weighted by molar-refractivity contribution is 8.00. The van der Waals surface area contributed by atoms with Gasteiger partial charge in [-0.05, 0) is 6.07 Å². The molecule has 2 heterocycles. The maximum absolute atomic E-state index is 12.5. The number of pyridine rings is 1. The molecule has 0 radical (unpaired) electrons. The van der Waals surface area contributed by atoms with Crippen molar-refractivity contribution in [3.8, 4) is 11.8 Å². The normalized spacial score (nSPS) is 20.2. The molecule has 2 rings (SSSR count). The predicted molar refractivity (Wildman–Crippen MR) is 78.9 cm³/mol. The minimum atomic E-state index is -3.52. The van der Waals surface area contributed by atoms with Gasteiger partial charge in [0, 0.05) is 42.0 Å². The van der Waals surface area contributed by atoms with Crippen molar-refractivity contribution in [2.24, 2.45) is 0 Å². The number of aliphatic hydroxyl groups is 1. The van der Waals surface area contributed by atoms with Crippen LogP contribution in [0.1, 0.15) is 12.5 Å². The van der Waals surface area contributed by atoms with Gasteiger partial charge in [0.1, 0.15) is 11.5 Å². The number of nitrogens with zero attached hydrogens (tertiary/aromatic N) is 2. The van der Waals surface area contributed by atoms with Crippen LogP contribution in [0.25, 0.3) is 0 Å². The van der Waals surface area contributed by atoms with Crippen LogP contribution in [0.3, 0.4) is 0 Å². The average Bonchev–Trinajstić information content (AvgIpc) is 2.45. The molecule has 7 heteroatoms. The Kier molecular flexibility index (Phi) is 5.05. The lowest BCUT2D eigenvalue weighted by molar-refractivity contribution is 0.350. The summed E-state index contributed by atoms with van der Waals surface area (Å²) in [5.74, 6) is 5.96. The van der Waals surface area contributed by atoms with Gasteiger partial charge < -0.3 is 5.11 Å². The largest absolute Gasteiger partial charge is 0.384 e. The first-order chi connectivity index (χ1) is 9.54. The monoisotopic (exact) mass is 312 g/mol. The van der Waals surface area contributed by atoms with E-state index >= 15 is 0 Å². The number of aliphatic hydroxyl groups excluding tert-OH is 1. The number of thioether (sulfide) groups is 1. The van der Waals surface area contributed by atoms with Gasteiger partial charge in [0.05, 0.1) is 0 Å². The Morgan fingerprint density at radius 3 is 3.05 bits per heavy atom. The molecule has 108 valence electrons. The third-order valence-electron chi connectivity index (χ3n) is 2.87. The molecule has 1 aromatic rings. The number of rotatable bonds is 2. The average molecular weight is 312 g/mol. The molecular formula is C13H16N2O3S2. The van der Waals surface area contributed by atoms with E-state index in [0.717, 1.165) is 5.75 Å². The summed E-state index contributed by atoms with van der Waals surface area (Å²) >= 11 is 1.78. The highest BCUT2D eigenvalue weighted by atomic mass is 32.2. The van der Waals surface area contributed by atoms with Crippen molar-refractivity contribution in [3.63, 3.8) is 0 Å². The fourth-order valence-electron chi connectivity index (χ4n) is 1.92. The summed E-state index contributed by atoms with van der Waals surface area (Å²) in [5.41, 5.74) is 0.486. The van der Waals surface area contributed by atoms with Crippen LogP contribution < -0.4 is 0 Å². The van der Waals surface area contributed by atoms with Crippen LogP contribution in [0, 0.1) is 11.8 Å². The van der Waals surface area contributed by atoms with E-state index in [1.165, 1.54) is 22.8 Å². The SMILES string of the molecule is CC1CN(S(=O)(=O)c2cncc(C#CCO)c2)CCS1. The fraction of sp³-hybridized carbons (Fsp3) is 0.462. The van der Waals surface area contributed by atoms with Crippen LogP contribution in [0.2, 0.25) is 0 Å². The molecule has 1 aromatic heterocycles. The summed E-state index contributed by atoms with van der Waals surface area (Å²) in [4.78, 5) is 4.08. The van der Waals surface area contributed by atoms with E-state index in [9.17, 15) is 8.42 Å². The summed E-state index contributed by atoms with van der Waals surface area (Å²) < 4.78 is 26.6. The van der Waals surface area contributed by atoms with Crippen molar-refractivity contribution >= 4 is 21.8 Å². The Bertz CT molecular complexity index is 635. The quantitative estimate of drug-likeness (QED) is 0.808. The van der Waals surface area contributed by atoms with E-state index in [1.807, 2.05) is 6.92 Å². The molecule has 1 aliphatic rings. The van der Waals surface area contributed by atoms with Gasteiger partial charge >= 0.3 is 0 Å². The van der Waals surface area contributed by atoms with Crippen molar-refractivity contribution < 1.29 is 13.5 Å². The zero-order chi connectivity index (χ0) is 14.6. The van der Waals surface area contributed by atoms with Crippen LogP contribution in [-0.4, -0.2) is 53.5 Å². The molecular weight excluding hydrogens is 296 g/mol. The second-order valence-corrected chi connectivity index (χ2v) is 7.90. The van der Waals surface area contributed by atoms with E-state index in [-0.39, 0.29) is 11.5 Å². The zero-order valence-corrected chi connectivity index (χ0v) is 12.7. The molecule has 5 nitrogen and oxygen atoms in total. The fourth-order valence-corrected chi connectivity index (χ4v) is 4.67. The molecule has 1 aliphatic heterocycles. The lowest BCUT2D eigenvalue weighted by Crippen LogP contribution is -2.40. The van der Waals surface area contributed by atoms with E-state index in [0.29, 0.717) is 23.9 Å². The van der Waals surface area contributed by atoms with E-state index in [4.69, 9.17) is 5.11 Å². The first-order valence-corrected chi connectivity index (χ1v) is 8.69. The third-order valence-corrected chi connectivity index (χ3v) is 5.83.